The average Bonchev–Trinajstić information content (AvgIpc) is 3.27. The SMILES string of the molecule is CN=C(NCC1(CCOC)CCC1)NCC1(C2CC2)CCC1.I. The van der Waals surface area contributed by atoms with E-state index in [1.807, 2.05) is 7.05 Å². The molecule has 0 spiro atoms. The first-order chi connectivity index (χ1) is 10.7. The molecule has 0 heterocycles. The Hall–Kier alpha value is -0.0400. The van der Waals surface area contributed by atoms with Crippen molar-refractivity contribution in [2.75, 3.05) is 33.9 Å². The Morgan fingerprint density at radius 1 is 1.09 bits per heavy atom. The molecule has 0 amide bonds. The van der Waals surface area contributed by atoms with Gasteiger partial charge in [-0.05, 0) is 61.7 Å². The lowest BCUT2D eigenvalue weighted by Crippen LogP contribution is -2.50. The van der Waals surface area contributed by atoms with Crippen molar-refractivity contribution in [1.29, 1.82) is 0 Å². The summed E-state index contributed by atoms with van der Waals surface area (Å²) in [5.74, 6) is 1.99. The Bertz CT molecular complexity index is 401. The summed E-state index contributed by atoms with van der Waals surface area (Å²) in [4.78, 5) is 4.43. The molecule has 134 valence electrons. The standard InChI is InChI=1S/C18H33N3O.HI/c1-19-16(20-13-17(7-3-8-17)11-12-22-2)21-14-18(9-4-10-18)15-5-6-15;/h15H,3-14H2,1-2H3,(H2,19,20,21);1H. The van der Waals surface area contributed by atoms with Crippen LogP contribution in [0.2, 0.25) is 0 Å². The molecule has 2 N–H and O–H groups in total. The lowest BCUT2D eigenvalue weighted by molar-refractivity contribution is 0.0728. The van der Waals surface area contributed by atoms with Crippen molar-refractivity contribution in [1.82, 2.24) is 10.6 Å². The normalized spacial score (nSPS) is 24.9. The first kappa shape index (κ1) is 19.3. The Morgan fingerprint density at radius 2 is 1.74 bits per heavy atom. The van der Waals surface area contributed by atoms with Crippen molar-refractivity contribution >= 4 is 29.9 Å². The second kappa shape index (κ2) is 8.37. The molecule has 4 nitrogen and oxygen atoms in total. The average molecular weight is 435 g/mol. The molecule has 0 unspecified atom stereocenters. The summed E-state index contributed by atoms with van der Waals surface area (Å²) in [7, 11) is 3.69. The van der Waals surface area contributed by atoms with Gasteiger partial charge in [0.2, 0.25) is 0 Å². The van der Waals surface area contributed by atoms with Crippen LogP contribution in [0, 0.1) is 16.7 Å². The summed E-state index contributed by atoms with van der Waals surface area (Å²) in [5, 5.41) is 7.20. The number of aliphatic imine (C=N–C) groups is 1. The number of hydrogen-bond acceptors (Lipinski definition) is 2. The quantitative estimate of drug-likeness (QED) is 0.348. The number of nitrogens with one attached hydrogen (secondary N) is 2. The maximum absolute atomic E-state index is 5.28. The molecule has 3 aliphatic carbocycles. The van der Waals surface area contributed by atoms with Crippen LogP contribution < -0.4 is 10.6 Å². The first-order valence-corrected chi connectivity index (χ1v) is 9.15. The van der Waals surface area contributed by atoms with Crippen molar-refractivity contribution in [3.63, 3.8) is 0 Å². The highest BCUT2D eigenvalue weighted by atomic mass is 127. The maximum atomic E-state index is 5.28. The number of nitrogens with zero attached hydrogens (tertiary/aromatic N) is 1. The molecule has 3 saturated carbocycles. The molecule has 3 fully saturated rings. The van der Waals surface area contributed by atoms with E-state index in [2.05, 4.69) is 15.6 Å². The summed E-state index contributed by atoms with van der Waals surface area (Å²) in [5.41, 5.74) is 1.04. The van der Waals surface area contributed by atoms with Gasteiger partial charge in [-0.3, -0.25) is 4.99 Å². The minimum atomic E-state index is 0. The summed E-state index contributed by atoms with van der Waals surface area (Å²) in [6.45, 7) is 3.02. The lowest BCUT2D eigenvalue weighted by Gasteiger charge is -2.44. The third-order valence-corrected chi connectivity index (χ3v) is 6.51. The molecule has 3 aliphatic rings. The van der Waals surface area contributed by atoms with Crippen LogP contribution in [0.1, 0.15) is 57.8 Å². The van der Waals surface area contributed by atoms with Crippen LogP contribution in [-0.2, 0) is 4.74 Å². The van der Waals surface area contributed by atoms with E-state index in [0.717, 1.165) is 31.6 Å². The van der Waals surface area contributed by atoms with Crippen LogP contribution in [0.15, 0.2) is 4.99 Å². The molecule has 0 aliphatic heterocycles. The van der Waals surface area contributed by atoms with Crippen molar-refractivity contribution < 1.29 is 4.74 Å². The van der Waals surface area contributed by atoms with E-state index in [1.165, 1.54) is 57.8 Å². The van der Waals surface area contributed by atoms with Crippen LogP contribution in [0.25, 0.3) is 0 Å². The van der Waals surface area contributed by atoms with E-state index in [0.29, 0.717) is 10.8 Å². The van der Waals surface area contributed by atoms with Crippen LogP contribution in [0.5, 0.6) is 0 Å². The minimum absolute atomic E-state index is 0. The van der Waals surface area contributed by atoms with Gasteiger partial charge in [0.1, 0.15) is 0 Å². The molecular formula is C18H34IN3O. The van der Waals surface area contributed by atoms with Gasteiger partial charge in [-0.1, -0.05) is 12.8 Å². The highest BCUT2D eigenvalue weighted by molar-refractivity contribution is 14.0. The minimum Gasteiger partial charge on any atom is -0.385 e. The number of guanidine groups is 1. The molecule has 0 radical (unpaired) electrons. The Balaban J connectivity index is 0.00000192. The molecule has 0 aromatic heterocycles. The summed E-state index contributed by atoms with van der Waals surface area (Å²) in [6, 6.07) is 0. The van der Waals surface area contributed by atoms with Gasteiger partial charge in [0.15, 0.2) is 5.96 Å². The van der Waals surface area contributed by atoms with Gasteiger partial charge in [0, 0.05) is 33.9 Å². The molecule has 0 aromatic carbocycles. The first-order valence-electron chi connectivity index (χ1n) is 9.15. The number of halogens is 1. The van der Waals surface area contributed by atoms with Gasteiger partial charge in [-0.2, -0.15) is 0 Å². The smallest absolute Gasteiger partial charge is 0.191 e. The van der Waals surface area contributed by atoms with Crippen molar-refractivity contribution in [3.05, 3.63) is 0 Å². The van der Waals surface area contributed by atoms with Crippen LogP contribution in [0.3, 0.4) is 0 Å². The zero-order valence-corrected chi connectivity index (χ0v) is 17.2. The van der Waals surface area contributed by atoms with Crippen LogP contribution in [-0.4, -0.2) is 39.8 Å². The third kappa shape index (κ3) is 4.53. The molecule has 0 aromatic rings. The van der Waals surface area contributed by atoms with Gasteiger partial charge in [0.25, 0.3) is 0 Å². The van der Waals surface area contributed by atoms with Crippen molar-refractivity contribution in [2.24, 2.45) is 21.7 Å². The number of ether oxygens (including phenoxy) is 1. The van der Waals surface area contributed by atoms with E-state index >= 15 is 0 Å². The predicted octanol–water partition coefficient (Wildman–Crippen LogP) is 3.56. The van der Waals surface area contributed by atoms with E-state index in [4.69, 9.17) is 4.74 Å². The molecule has 0 bridgehead atoms. The number of hydrogen-bond donors (Lipinski definition) is 2. The second-order valence-electron chi connectivity index (χ2n) is 7.87. The van der Waals surface area contributed by atoms with Gasteiger partial charge >= 0.3 is 0 Å². The largest absolute Gasteiger partial charge is 0.385 e. The van der Waals surface area contributed by atoms with Crippen LogP contribution in [0.4, 0.5) is 0 Å². The Labute approximate surface area is 158 Å². The van der Waals surface area contributed by atoms with E-state index in [9.17, 15) is 0 Å². The second-order valence-corrected chi connectivity index (χ2v) is 7.87. The predicted molar refractivity (Wildman–Crippen MR) is 107 cm³/mol. The van der Waals surface area contributed by atoms with Gasteiger partial charge in [0.05, 0.1) is 0 Å². The molecule has 0 atom stereocenters. The summed E-state index contributed by atoms with van der Waals surface area (Å²) < 4.78 is 5.28. The molecule has 0 saturated heterocycles. The molecular weight excluding hydrogens is 401 g/mol. The Kier molecular flexibility index (Phi) is 7.01. The van der Waals surface area contributed by atoms with E-state index < -0.39 is 0 Å². The lowest BCUT2D eigenvalue weighted by atomic mass is 9.65. The fourth-order valence-electron chi connectivity index (χ4n) is 4.32. The fraction of sp³-hybridized carbons (Fsp3) is 0.944. The van der Waals surface area contributed by atoms with Crippen molar-refractivity contribution in [3.8, 4) is 0 Å². The summed E-state index contributed by atoms with van der Waals surface area (Å²) >= 11 is 0. The highest BCUT2D eigenvalue weighted by Crippen LogP contribution is 2.56. The number of rotatable bonds is 8. The van der Waals surface area contributed by atoms with Gasteiger partial charge in [-0.15, -0.1) is 24.0 Å². The van der Waals surface area contributed by atoms with E-state index in [1.54, 1.807) is 7.11 Å². The van der Waals surface area contributed by atoms with Crippen molar-refractivity contribution in [2.45, 2.75) is 57.8 Å². The monoisotopic (exact) mass is 435 g/mol. The zero-order chi connectivity index (χ0) is 15.5. The van der Waals surface area contributed by atoms with Gasteiger partial charge in [-0.25, -0.2) is 0 Å². The number of methoxy groups -OCH3 is 1. The fourth-order valence-corrected chi connectivity index (χ4v) is 4.32. The Morgan fingerprint density at radius 3 is 2.17 bits per heavy atom. The topological polar surface area (TPSA) is 45.7 Å². The van der Waals surface area contributed by atoms with Crippen LogP contribution >= 0.6 is 24.0 Å². The third-order valence-electron chi connectivity index (χ3n) is 6.51. The maximum Gasteiger partial charge on any atom is 0.191 e. The zero-order valence-electron chi connectivity index (χ0n) is 14.8. The summed E-state index contributed by atoms with van der Waals surface area (Å²) in [6.07, 6.45) is 12.3. The highest BCUT2D eigenvalue weighted by Gasteiger charge is 2.48. The van der Waals surface area contributed by atoms with Gasteiger partial charge < -0.3 is 15.4 Å². The molecule has 5 heteroatoms. The molecule has 23 heavy (non-hydrogen) atoms. The molecule has 3 rings (SSSR count). The van der Waals surface area contributed by atoms with E-state index in [-0.39, 0.29) is 24.0 Å².